The minimum absolute atomic E-state index is 0.233. The number of rotatable bonds is 11. The van der Waals surface area contributed by atoms with Gasteiger partial charge in [-0.3, -0.25) is 4.99 Å². The van der Waals surface area contributed by atoms with E-state index >= 15 is 0 Å². The normalized spacial score (nSPS) is 18.0. The maximum atomic E-state index is 10.7. The van der Waals surface area contributed by atoms with E-state index in [0.29, 0.717) is 36.2 Å². The molecule has 2 N–H and O–H groups in total. The standard InChI is InChI=1S/C21H35N3O5/c1-5-22-21(24-9-8-16(14-24)15-29-11-10-26-2)23-13-19(25)18-12-17(27-3)6-7-20(18)28-4/h6-7,12,16,19,25H,5,8-11,13-15H2,1-4H3,(H,22,23). The van der Waals surface area contributed by atoms with Gasteiger partial charge in [-0.15, -0.1) is 0 Å². The molecule has 2 rings (SSSR count). The first-order valence-corrected chi connectivity index (χ1v) is 10.1. The smallest absolute Gasteiger partial charge is 0.194 e. The maximum absolute atomic E-state index is 10.7. The van der Waals surface area contributed by atoms with E-state index in [-0.39, 0.29) is 6.54 Å². The number of guanidine groups is 1. The number of nitrogens with zero attached hydrogens (tertiary/aromatic N) is 2. The van der Waals surface area contributed by atoms with Gasteiger partial charge in [0.2, 0.25) is 0 Å². The van der Waals surface area contributed by atoms with Gasteiger partial charge >= 0.3 is 0 Å². The molecule has 164 valence electrons. The molecule has 1 aliphatic heterocycles. The van der Waals surface area contributed by atoms with Gasteiger partial charge in [0.15, 0.2) is 5.96 Å². The molecular weight excluding hydrogens is 374 g/mol. The number of likely N-dealkylation sites (tertiary alicyclic amines) is 1. The Hall–Kier alpha value is -2.03. The molecule has 1 aromatic carbocycles. The molecule has 1 heterocycles. The molecule has 29 heavy (non-hydrogen) atoms. The zero-order valence-corrected chi connectivity index (χ0v) is 18.0. The van der Waals surface area contributed by atoms with Gasteiger partial charge in [-0.25, -0.2) is 0 Å². The van der Waals surface area contributed by atoms with Crippen LogP contribution < -0.4 is 14.8 Å². The maximum Gasteiger partial charge on any atom is 0.194 e. The van der Waals surface area contributed by atoms with Gasteiger partial charge in [0, 0.05) is 38.2 Å². The minimum atomic E-state index is -0.788. The molecule has 8 heteroatoms. The fourth-order valence-electron chi connectivity index (χ4n) is 3.35. The lowest BCUT2D eigenvalue weighted by atomic mass is 10.1. The van der Waals surface area contributed by atoms with Gasteiger partial charge in [-0.1, -0.05) is 0 Å². The summed E-state index contributed by atoms with van der Waals surface area (Å²) in [5.74, 6) is 2.58. The molecule has 0 aliphatic carbocycles. The van der Waals surface area contributed by atoms with E-state index in [0.717, 1.165) is 38.6 Å². The van der Waals surface area contributed by atoms with Gasteiger partial charge in [-0.05, 0) is 31.5 Å². The Bertz CT molecular complexity index is 641. The van der Waals surface area contributed by atoms with E-state index in [1.54, 1.807) is 33.5 Å². The van der Waals surface area contributed by atoms with Crippen LogP contribution in [-0.4, -0.2) is 83.3 Å². The summed E-state index contributed by atoms with van der Waals surface area (Å²) < 4.78 is 21.3. The molecule has 0 aromatic heterocycles. The molecule has 0 radical (unpaired) electrons. The van der Waals surface area contributed by atoms with Crippen molar-refractivity contribution in [2.24, 2.45) is 10.9 Å². The average molecular weight is 410 g/mol. The molecule has 1 saturated heterocycles. The molecule has 8 nitrogen and oxygen atoms in total. The number of benzene rings is 1. The lowest BCUT2D eigenvalue weighted by Gasteiger charge is -2.22. The van der Waals surface area contributed by atoms with Crippen LogP contribution in [0.4, 0.5) is 0 Å². The predicted octanol–water partition coefficient (Wildman–Crippen LogP) is 1.69. The molecule has 2 unspecified atom stereocenters. The van der Waals surface area contributed by atoms with Crippen molar-refractivity contribution >= 4 is 5.96 Å². The van der Waals surface area contributed by atoms with Gasteiger partial charge in [-0.2, -0.15) is 0 Å². The Balaban J connectivity index is 1.98. The van der Waals surface area contributed by atoms with Crippen molar-refractivity contribution in [2.45, 2.75) is 19.4 Å². The summed E-state index contributed by atoms with van der Waals surface area (Å²) in [5.41, 5.74) is 0.664. The number of hydrogen-bond donors (Lipinski definition) is 2. The molecule has 0 amide bonds. The number of methoxy groups -OCH3 is 3. The van der Waals surface area contributed by atoms with E-state index < -0.39 is 6.10 Å². The van der Waals surface area contributed by atoms with Crippen LogP contribution in [0.5, 0.6) is 11.5 Å². The largest absolute Gasteiger partial charge is 0.497 e. The number of aliphatic hydroxyl groups excluding tert-OH is 1. The second-order valence-corrected chi connectivity index (χ2v) is 6.99. The van der Waals surface area contributed by atoms with Crippen LogP contribution in [0.1, 0.15) is 25.0 Å². The Labute approximate surface area is 173 Å². The third-order valence-corrected chi connectivity index (χ3v) is 4.92. The Kier molecular flexibility index (Phi) is 10.0. The molecule has 1 fully saturated rings. The third-order valence-electron chi connectivity index (χ3n) is 4.92. The lowest BCUT2D eigenvalue weighted by Crippen LogP contribution is -2.40. The third kappa shape index (κ3) is 7.06. The van der Waals surface area contributed by atoms with Crippen molar-refractivity contribution in [3.05, 3.63) is 23.8 Å². The lowest BCUT2D eigenvalue weighted by molar-refractivity contribution is 0.0536. The molecule has 2 atom stereocenters. The molecule has 1 aromatic rings. The SMILES string of the molecule is CCNC(=NCC(O)c1cc(OC)ccc1OC)N1CCC(COCCOC)C1. The average Bonchev–Trinajstić information content (AvgIpc) is 3.22. The summed E-state index contributed by atoms with van der Waals surface area (Å²) in [5, 5.41) is 14.0. The molecule has 0 bridgehead atoms. The van der Waals surface area contributed by atoms with Crippen molar-refractivity contribution in [3.8, 4) is 11.5 Å². The summed E-state index contributed by atoms with van der Waals surface area (Å²) in [7, 11) is 4.86. The van der Waals surface area contributed by atoms with Crippen LogP contribution in [0.25, 0.3) is 0 Å². The zero-order chi connectivity index (χ0) is 21.1. The van der Waals surface area contributed by atoms with Crippen LogP contribution in [0.2, 0.25) is 0 Å². The fourth-order valence-corrected chi connectivity index (χ4v) is 3.35. The summed E-state index contributed by atoms with van der Waals surface area (Å²) >= 11 is 0. The zero-order valence-electron chi connectivity index (χ0n) is 18.0. The Morgan fingerprint density at radius 3 is 2.79 bits per heavy atom. The highest BCUT2D eigenvalue weighted by Crippen LogP contribution is 2.29. The summed E-state index contributed by atoms with van der Waals surface area (Å²) in [6.45, 7) is 6.81. The van der Waals surface area contributed by atoms with E-state index in [1.807, 2.05) is 13.0 Å². The van der Waals surface area contributed by atoms with Gasteiger partial charge in [0.05, 0.1) is 40.6 Å². The number of aliphatic imine (C=N–C) groups is 1. The van der Waals surface area contributed by atoms with Crippen LogP contribution in [0.15, 0.2) is 23.2 Å². The monoisotopic (exact) mass is 409 g/mol. The first kappa shape index (κ1) is 23.3. The Morgan fingerprint density at radius 2 is 2.10 bits per heavy atom. The minimum Gasteiger partial charge on any atom is -0.497 e. The number of ether oxygens (including phenoxy) is 4. The predicted molar refractivity (Wildman–Crippen MR) is 113 cm³/mol. The first-order chi connectivity index (χ1) is 14.1. The summed E-state index contributed by atoms with van der Waals surface area (Å²) in [6, 6.07) is 5.39. The van der Waals surface area contributed by atoms with Crippen LogP contribution in [0, 0.1) is 5.92 Å². The van der Waals surface area contributed by atoms with E-state index in [4.69, 9.17) is 18.9 Å². The van der Waals surface area contributed by atoms with Crippen molar-refractivity contribution in [1.82, 2.24) is 10.2 Å². The van der Waals surface area contributed by atoms with E-state index in [9.17, 15) is 5.11 Å². The highest BCUT2D eigenvalue weighted by molar-refractivity contribution is 5.80. The highest BCUT2D eigenvalue weighted by atomic mass is 16.5. The molecular formula is C21H35N3O5. The van der Waals surface area contributed by atoms with Crippen LogP contribution in [0.3, 0.4) is 0 Å². The topological polar surface area (TPSA) is 84.8 Å². The Morgan fingerprint density at radius 1 is 1.28 bits per heavy atom. The highest BCUT2D eigenvalue weighted by Gasteiger charge is 2.25. The quantitative estimate of drug-likeness (QED) is 0.327. The van der Waals surface area contributed by atoms with E-state index in [2.05, 4.69) is 15.2 Å². The van der Waals surface area contributed by atoms with Crippen LogP contribution in [-0.2, 0) is 9.47 Å². The number of nitrogens with one attached hydrogen (secondary N) is 1. The van der Waals surface area contributed by atoms with Gasteiger partial charge in [0.25, 0.3) is 0 Å². The molecule has 0 spiro atoms. The summed E-state index contributed by atoms with van der Waals surface area (Å²) in [6.07, 6.45) is 0.272. The summed E-state index contributed by atoms with van der Waals surface area (Å²) in [4.78, 5) is 6.90. The second-order valence-electron chi connectivity index (χ2n) is 6.99. The van der Waals surface area contributed by atoms with Crippen LogP contribution >= 0.6 is 0 Å². The second kappa shape index (κ2) is 12.5. The van der Waals surface area contributed by atoms with E-state index in [1.165, 1.54) is 0 Å². The first-order valence-electron chi connectivity index (χ1n) is 10.1. The number of hydrogen-bond acceptors (Lipinski definition) is 6. The van der Waals surface area contributed by atoms with Crippen molar-refractivity contribution in [3.63, 3.8) is 0 Å². The number of aliphatic hydroxyl groups is 1. The van der Waals surface area contributed by atoms with Gasteiger partial charge in [0.1, 0.15) is 17.6 Å². The molecule has 1 aliphatic rings. The molecule has 0 saturated carbocycles. The van der Waals surface area contributed by atoms with Crippen molar-refractivity contribution < 1.29 is 24.1 Å². The van der Waals surface area contributed by atoms with Crippen molar-refractivity contribution in [2.75, 3.05) is 67.3 Å². The van der Waals surface area contributed by atoms with Gasteiger partial charge < -0.3 is 34.3 Å². The fraction of sp³-hybridized carbons (Fsp3) is 0.667. The van der Waals surface area contributed by atoms with Crippen molar-refractivity contribution in [1.29, 1.82) is 0 Å².